The van der Waals surface area contributed by atoms with Crippen molar-refractivity contribution in [2.45, 2.75) is 32.4 Å². The van der Waals surface area contributed by atoms with Crippen LogP contribution in [-0.4, -0.2) is 64.2 Å². The van der Waals surface area contributed by atoms with E-state index in [0.717, 1.165) is 6.26 Å². The highest BCUT2D eigenvalue weighted by molar-refractivity contribution is 7.92. The zero-order valence-corrected chi connectivity index (χ0v) is 20.8. The highest BCUT2D eigenvalue weighted by Gasteiger charge is 2.26. The van der Waals surface area contributed by atoms with Crippen molar-refractivity contribution in [3.63, 3.8) is 0 Å². The fourth-order valence-corrected chi connectivity index (χ4v) is 4.73. The monoisotopic (exact) mass is 507 g/mol. The molecule has 0 aromatic heterocycles. The van der Waals surface area contributed by atoms with Crippen LogP contribution in [0, 0.1) is 5.82 Å². The average molecular weight is 508 g/mol. The van der Waals surface area contributed by atoms with Gasteiger partial charge >= 0.3 is 0 Å². The third-order valence-electron chi connectivity index (χ3n) is 5.65. The fourth-order valence-electron chi connectivity index (χ4n) is 3.77. The van der Waals surface area contributed by atoms with Crippen LogP contribution >= 0.6 is 0 Å². The van der Waals surface area contributed by atoms with Crippen molar-refractivity contribution < 1.29 is 31.9 Å². The molecule has 1 heterocycles. The zero-order valence-electron chi connectivity index (χ0n) is 20.0. The normalized spacial score (nSPS) is 13.6. The van der Waals surface area contributed by atoms with Crippen molar-refractivity contribution in [1.82, 2.24) is 10.2 Å². The molecule has 0 saturated carbocycles. The minimum absolute atomic E-state index is 0.0130. The maximum atomic E-state index is 13.3. The molecule has 9 nitrogen and oxygen atoms in total. The van der Waals surface area contributed by atoms with Crippen molar-refractivity contribution in [1.29, 1.82) is 0 Å². The van der Waals surface area contributed by atoms with Crippen LogP contribution in [0.1, 0.15) is 25.3 Å². The summed E-state index contributed by atoms with van der Waals surface area (Å²) >= 11 is 0. The van der Waals surface area contributed by atoms with Gasteiger partial charge in [-0.2, -0.15) is 0 Å². The molecule has 1 aliphatic heterocycles. The van der Waals surface area contributed by atoms with Gasteiger partial charge < -0.3 is 19.7 Å². The number of likely N-dealkylation sites (N-methyl/N-ethyl adjacent to an activating group) is 1. The molecule has 1 N–H and O–H groups in total. The highest BCUT2D eigenvalue weighted by Crippen LogP contribution is 2.34. The van der Waals surface area contributed by atoms with E-state index < -0.39 is 21.9 Å². The van der Waals surface area contributed by atoms with Crippen molar-refractivity contribution in [3.05, 3.63) is 53.8 Å². The zero-order chi connectivity index (χ0) is 25.6. The third-order valence-corrected chi connectivity index (χ3v) is 6.84. The SMILES string of the molecule is CNC(=O)C(C)N(Cc1ccc(F)cc1)C(=O)CCCN(c1ccc2c(c1)OCCO2)S(C)(=O)=O. The molecule has 35 heavy (non-hydrogen) atoms. The van der Waals surface area contributed by atoms with E-state index in [1.807, 2.05) is 0 Å². The number of carbonyl (C=O) groups is 2. The number of amides is 2. The smallest absolute Gasteiger partial charge is 0.242 e. The van der Waals surface area contributed by atoms with Crippen molar-refractivity contribution >= 4 is 27.5 Å². The largest absolute Gasteiger partial charge is 0.486 e. The molecule has 1 atom stereocenters. The summed E-state index contributed by atoms with van der Waals surface area (Å²) in [5.74, 6) is -0.0480. The van der Waals surface area contributed by atoms with Crippen LogP contribution in [0.5, 0.6) is 11.5 Å². The minimum atomic E-state index is -3.64. The van der Waals surface area contributed by atoms with Crippen molar-refractivity contribution in [2.75, 3.05) is 37.4 Å². The maximum absolute atomic E-state index is 13.3. The Morgan fingerprint density at radius 3 is 2.37 bits per heavy atom. The molecular formula is C24H30FN3O6S. The number of hydrogen-bond donors (Lipinski definition) is 1. The maximum Gasteiger partial charge on any atom is 0.242 e. The average Bonchev–Trinajstić information content (AvgIpc) is 2.84. The second-order valence-corrected chi connectivity index (χ2v) is 10.1. The highest BCUT2D eigenvalue weighted by atomic mass is 32.2. The van der Waals surface area contributed by atoms with E-state index in [9.17, 15) is 22.4 Å². The summed E-state index contributed by atoms with van der Waals surface area (Å²) in [6, 6.07) is 9.82. The van der Waals surface area contributed by atoms with Crippen LogP contribution in [0.15, 0.2) is 42.5 Å². The van der Waals surface area contributed by atoms with E-state index in [2.05, 4.69) is 5.32 Å². The van der Waals surface area contributed by atoms with Gasteiger partial charge in [0.2, 0.25) is 21.8 Å². The van der Waals surface area contributed by atoms with Crippen LogP contribution in [0.4, 0.5) is 10.1 Å². The Bertz CT molecular complexity index is 1160. The van der Waals surface area contributed by atoms with E-state index in [0.29, 0.717) is 36.0 Å². The number of ether oxygens (including phenoxy) is 2. The van der Waals surface area contributed by atoms with Gasteiger partial charge in [-0.05, 0) is 43.2 Å². The number of sulfonamides is 1. The summed E-state index contributed by atoms with van der Waals surface area (Å²) in [5.41, 5.74) is 1.08. The summed E-state index contributed by atoms with van der Waals surface area (Å²) in [6.07, 6.45) is 1.33. The van der Waals surface area contributed by atoms with Gasteiger partial charge in [0.1, 0.15) is 25.1 Å². The first-order valence-electron chi connectivity index (χ1n) is 11.2. The van der Waals surface area contributed by atoms with Gasteiger partial charge in [0, 0.05) is 32.6 Å². The molecule has 0 fully saturated rings. The summed E-state index contributed by atoms with van der Waals surface area (Å²) < 4.78 is 50.5. The number of fused-ring (bicyclic) bond motifs is 1. The number of anilines is 1. The van der Waals surface area contributed by atoms with E-state index >= 15 is 0 Å². The van der Waals surface area contributed by atoms with E-state index in [4.69, 9.17) is 9.47 Å². The lowest BCUT2D eigenvalue weighted by molar-refractivity contribution is -0.140. The Hall–Kier alpha value is -3.34. The molecule has 0 aliphatic carbocycles. The molecule has 1 aliphatic rings. The molecule has 11 heteroatoms. The van der Waals surface area contributed by atoms with Gasteiger partial charge in [0.15, 0.2) is 11.5 Å². The molecule has 0 bridgehead atoms. The summed E-state index contributed by atoms with van der Waals surface area (Å²) in [5, 5.41) is 2.53. The predicted molar refractivity (Wildman–Crippen MR) is 129 cm³/mol. The molecule has 1 unspecified atom stereocenters. The molecule has 2 amide bonds. The van der Waals surface area contributed by atoms with Gasteiger partial charge in [-0.3, -0.25) is 13.9 Å². The Balaban J connectivity index is 1.72. The van der Waals surface area contributed by atoms with Crippen LogP contribution in [0.2, 0.25) is 0 Å². The van der Waals surface area contributed by atoms with E-state index in [-0.39, 0.29) is 37.7 Å². The molecule has 190 valence electrons. The summed E-state index contributed by atoms with van der Waals surface area (Å²) in [7, 11) is -2.15. The predicted octanol–water partition coefficient (Wildman–Crippen LogP) is 2.31. The second kappa shape index (κ2) is 11.4. The summed E-state index contributed by atoms with van der Waals surface area (Å²) in [4.78, 5) is 26.7. The summed E-state index contributed by atoms with van der Waals surface area (Å²) in [6.45, 7) is 2.58. The van der Waals surface area contributed by atoms with Gasteiger partial charge in [0.05, 0.1) is 11.9 Å². The Labute approximate surface area is 204 Å². The van der Waals surface area contributed by atoms with Gasteiger partial charge in [0.25, 0.3) is 0 Å². The van der Waals surface area contributed by atoms with Crippen LogP contribution in [0.3, 0.4) is 0 Å². The molecule has 2 aromatic carbocycles. The third kappa shape index (κ3) is 6.84. The molecule has 3 rings (SSSR count). The van der Waals surface area contributed by atoms with Crippen molar-refractivity contribution in [3.8, 4) is 11.5 Å². The first-order chi connectivity index (χ1) is 16.6. The number of benzene rings is 2. The Kier molecular flexibility index (Phi) is 8.55. The molecule has 0 saturated heterocycles. The van der Waals surface area contributed by atoms with Crippen LogP contribution < -0.4 is 19.1 Å². The van der Waals surface area contributed by atoms with Crippen LogP contribution in [-0.2, 0) is 26.2 Å². The van der Waals surface area contributed by atoms with Gasteiger partial charge in [-0.15, -0.1) is 0 Å². The topological polar surface area (TPSA) is 105 Å². The Morgan fingerprint density at radius 2 is 1.74 bits per heavy atom. The van der Waals surface area contributed by atoms with Crippen molar-refractivity contribution in [2.24, 2.45) is 0 Å². The molecular weight excluding hydrogens is 477 g/mol. The van der Waals surface area contributed by atoms with Gasteiger partial charge in [-0.1, -0.05) is 12.1 Å². The number of rotatable bonds is 10. The standard InChI is InChI=1S/C24H30FN3O6S/c1-17(24(30)26-2)27(16-18-6-8-19(25)9-7-18)23(29)5-4-12-28(35(3,31)32)20-10-11-21-22(15-20)34-14-13-33-21/h6-11,15,17H,4-5,12-14,16H2,1-3H3,(H,26,30). The fraction of sp³-hybridized carbons (Fsp3) is 0.417. The Morgan fingerprint density at radius 1 is 1.09 bits per heavy atom. The molecule has 0 spiro atoms. The lowest BCUT2D eigenvalue weighted by Gasteiger charge is -2.29. The number of nitrogens with one attached hydrogen (secondary N) is 1. The first kappa shape index (κ1) is 26.3. The molecule has 0 radical (unpaired) electrons. The minimum Gasteiger partial charge on any atom is -0.486 e. The number of hydrogen-bond acceptors (Lipinski definition) is 6. The lowest BCUT2D eigenvalue weighted by atomic mass is 10.1. The lowest BCUT2D eigenvalue weighted by Crippen LogP contribution is -2.46. The second-order valence-electron chi connectivity index (χ2n) is 8.20. The van der Waals surface area contributed by atoms with Gasteiger partial charge in [-0.25, -0.2) is 12.8 Å². The van der Waals surface area contributed by atoms with E-state index in [1.165, 1.54) is 28.4 Å². The number of carbonyl (C=O) groups excluding carboxylic acids is 2. The number of halogens is 1. The van der Waals surface area contributed by atoms with E-state index in [1.54, 1.807) is 37.3 Å². The number of nitrogens with zero attached hydrogens (tertiary/aromatic N) is 2. The quantitative estimate of drug-likeness (QED) is 0.529. The van der Waals surface area contributed by atoms with Crippen LogP contribution in [0.25, 0.3) is 0 Å². The first-order valence-corrected chi connectivity index (χ1v) is 13.1. The molecule has 2 aromatic rings.